The first kappa shape index (κ1) is 7.85. The number of rotatable bonds is 0. The maximum atomic E-state index is 2.35. The number of hydrogen-bond donors (Lipinski definition) is 0. The molecule has 0 nitrogen and oxygen atoms in total. The molecule has 0 saturated carbocycles. The first-order chi connectivity index (χ1) is 5.79. The monoisotopic (exact) mass is 160 g/mol. The van der Waals surface area contributed by atoms with Crippen LogP contribution in [0.15, 0.2) is 35.5 Å². The smallest absolute Gasteiger partial charge is 0.00961 e. The molecule has 2 aliphatic carbocycles. The van der Waals surface area contributed by atoms with Gasteiger partial charge in [-0.1, -0.05) is 36.8 Å². The summed E-state index contributed by atoms with van der Waals surface area (Å²) in [5.74, 6) is 1.56. The van der Waals surface area contributed by atoms with Crippen LogP contribution in [0.25, 0.3) is 0 Å². The van der Waals surface area contributed by atoms with Crippen LogP contribution >= 0.6 is 0 Å². The molecule has 0 saturated heterocycles. The van der Waals surface area contributed by atoms with Crippen molar-refractivity contribution < 1.29 is 0 Å². The van der Waals surface area contributed by atoms with Crippen molar-refractivity contribution in [3.8, 4) is 0 Å². The van der Waals surface area contributed by atoms with Gasteiger partial charge >= 0.3 is 0 Å². The van der Waals surface area contributed by atoms with Crippen molar-refractivity contribution in [3.05, 3.63) is 35.5 Å². The zero-order valence-electron chi connectivity index (χ0n) is 7.88. The summed E-state index contributed by atoms with van der Waals surface area (Å²) >= 11 is 0. The quantitative estimate of drug-likeness (QED) is 0.509. The molecular weight excluding hydrogens is 144 g/mol. The molecule has 0 radical (unpaired) electrons. The van der Waals surface area contributed by atoms with Crippen LogP contribution in [0.3, 0.4) is 0 Å². The minimum absolute atomic E-state index is 0.759. The van der Waals surface area contributed by atoms with Gasteiger partial charge in [0.15, 0.2) is 0 Å². The molecule has 0 spiro atoms. The van der Waals surface area contributed by atoms with E-state index in [1.165, 1.54) is 12.8 Å². The van der Waals surface area contributed by atoms with E-state index in [0.717, 1.165) is 11.8 Å². The van der Waals surface area contributed by atoms with Crippen LogP contribution in [0, 0.1) is 11.8 Å². The second kappa shape index (κ2) is 2.93. The Morgan fingerprint density at radius 1 is 1.33 bits per heavy atom. The average Bonchev–Trinajstić information content (AvgIpc) is 2.12. The molecule has 2 atom stereocenters. The lowest BCUT2D eigenvalue weighted by Crippen LogP contribution is -2.19. The summed E-state index contributed by atoms with van der Waals surface area (Å²) in [5, 5.41) is 0. The Morgan fingerprint density at radius 2 is 2.17 bits per heavy atom. The molecule has 0 aromatic carbocycles. The third-order valence-electron chi connectivity index (χ3n) is 3.24. The first-order valence-corrected chi connectivity index (χ1v) is 4.84. The third kappa shape index (κ3) is 1.16. The molecule has 0 bridgehead atoms. The zero-order chi connectivity index (χ0) is 8.55. The van der Waals surface area contributed by atoms with Gasteiger partial charge in [-0.2, -0.15) is 0 Å². The van der Waals surface area contributed by atoms with E-state index < -0.39 is 0 Å². The van der Waals surface area contributed by atoms with Crippen molar-refractivity contribution in [1.82, 2.24) is 0 Å². The van der Waals surface area contributed by atoms with E-state index in [2.05, 4.69) is 38.2 Å². The first-order valence-electron chi connectivity index (χ1n) is 4.84. The summed E-state index contributed by atoms with van der Waals surface area (Å²) in [7, 11) is 0. The van der Waals surface area contributed by atoms with Gasteiger partial charge in [0.25, 0.3) is 0 Å². The van der Waals surface area contributed by atoms with Crippen LogP contribution in [0.1, 0.15) is 26.7 Å². The van der Waals surface area contributed by atoms with Gasteiger partial charge in [-0.05, 0) is 37.2 Å². The van der Waals surface area contributed by atoms with Crippen molar-refractivity contribution in [1.29, 1.82) is 0 Å². The molecule has 2 rings (SSSR count). The molecule has 0 aromatic heterocycles. The number of allylic oxidation sites excluding steroid dienone is 6. The normalized spacial score (nSPS) is 33.8. The molecule has 64 valence electrons. The Hall–Kier alpha value is -0.780. The topological polar surface area (TPSA) is 0 Å². The minimum atomic E-state index is 0.759. The van der Waals surface area contributed by atoms with E-state index in [-0.39, 0.29) is 0 Å². The van der Waals surface area contributed by atoms with Crippen LogP contribution in [0.2, 0.25) is 0 Å². The third-order valence-corrected chi connectivity index (χ3v) is 3.24. The Morgan fingerprint density at radius 3 is 3.00 bits per heavy atom. The predicted molar refractivity (Wildman–Crippen MR) is 52.9 cm³/mol. The average molecular weight is 160 g/mol. The van der Waals surface area contributed by atoms with E-state index >= 15 is 0 Å². The van der Waals surface area contributed by atoms with Crippen LogP contribution < -0.4 is 0 Å². The minimum Gasteiger partial charge on any atom is -0.0842 e. The van der Waals surface area contributed by atoms with Crippen molar-refractivity contribution in [2.45, 2.75) is 26.7 Å². The molecule has 0 aliphatic heterocycles. The van der Waals surface area contributed by atoms with Crippen LogP contribution in [-0.2, 0) is 0 Å². The predicted octanol–water partition coefficient (Wildman–Crippen LogP) is 3.48. The van der Waals surface area contributed by atoms with Crippen molar-refractivity contribution in [3.63, 3.8) is 0 Å². The molecule has 0 N–H and O–H groups in total. The van der Waals surface area contributed by atoms with Crippen molar-refractivity contribution in [2.75, 3.05) is 0 Å². The van der Waals surface area contributed by atoms with Gasteiger partial charge < -0.3 is 0 Å². The highest BCUT2D eigenvalue weighted by atomic mass is 14.3. The highest BCUT2D eigenvalue weighted by Crippen LogP contribution is 2.37. The van der Waals surface area contributed by atoms with E-state index in [0.29, 0.717) is 0 Å². The molecule has 2 unspecified atom stereocenters. The maximum absolute atomic E-state index is 2.35. The summed E-state index contributed by atoms with van der Waals surface area (Å²) < 4.78 is 0. The van der Waals surface area contributed by atoms with Gasteiger partial charge in [0, 0.05) is 0 Å². The fraction of sp³-hybridized carbons (Fsp3) is 0.500. The lowest BCUT2D eigenvalue weighted by molar-refractivity contribution is 0.430. The molecule has 0 heteroatoms. The summed E-state index contributed by atoms with van der Waals surface area (Å²) in [6.45, 7) is 4.60. The van der Waals surface area contributed by atoms with Crippen LogP contribution in [0.4, 0.5) is 0 Å². The lowest BCUT2D eigenvalue weighted by Gasteiger charge is -2.30. The highest BCUT2D eigenvalue weighted by molar-refractivity contribution is 5.36. The lowest BCUT2D eigenvalue weighted by atomic mass is 9.74. The largest absolute Gasteiger partial charge is 0.0842 e. The highest BCUT2D eigenvalue weighted by Gasteiger charge is 2.24. The van der Waals surface area contributed by atoms with Crippen molar-refractivity contribution in [2.24, 2.45) is 11.8 Å². The molecule has 0 aromatic rings. The Balaban J connectivity index is 2.33. The summed E-state index contributed by atoms with van der Waals surface area (Å²) in [6.07, 6.45) is 11.8. The molecule has 0 heterocycles. The number of fused-ring (bicyclic) bond motifs is 1. The SMILES string of the molecule is CC1=CC=C2C=CCCC2C1C. The summed E-state index contributed by atoms with van der Waals surface area (Å²) in [5.41, 5.74) is 3.08. The zero-order valence-corrected chi connectivity index (χ0v) is 7.88. The van der Waals surface area contributed by atoms with Gasteiger partial charge in [0.1, 0.15) is 0 Å². The Kier molecular flexibility index (Phi) is 1.92. The van der Waals surface area contributed by atoms with E-state index in [1.54, 1.807) is 11.1 Å². The van der Waals surface area contributed by atoms with Gasteiger partial charge in [-0.3, -0.25) is 0 Å². The molecule has 12 heavy (non-hydrogen) atoms. The second-order valence-corrected chi connectivity index (χ2v) is 3.95. The Labute approximate surface area is 74.7 Å². The maximum Gasteiger partial charge on any atom is -0.00961 e. The summed E-state index contributed by atoms with van der Waals surface area (Å²) in [6, 6.07) is 0. The fourth-order valence-electron chi connectivity index (χ4n) is 2.20. The van der Waals surface area contributed by atoms with Crippen LogP contribution in [-0.4, -0.2) is 0 Å². The van der Waals surface area contributed by atoms with Gasteiger partial charge in [0.2, 0.25) is 0 Å². The van der Waals surface area contributed by atoms with Gasteiger partial charge in [-0.15, -0.1) is 0 Å². The molecular formula is C12H16. The Bertz CT molecular complexity index is 266. The van der Waals surface area contributed by atoms with E-state index in [4.69, 9.17) is 0 Å². The second-order valence-electron chi connectivity index (χ2n) is 3.95. The van der Waals surface area contributed by atoms with Crippen molar-refractivity contribution >= 4 is 0 Å². The molecule has 2 aliphatic rings. The standard InChI is InChI=1S/C12H16/c1-9-7-8-11-5-3-4-6-12(11)10(9)2/h3,5,7-8,10,12H,4,6H2,1-2H3. The van der Waals surface area contributed by atoms with Crippen LogP contribution in [0.5, 0.6) is 0 Å². The molecule has 0 amide bonds. The van der Waals surface area contributed by atoms with E-state index in [1.807, 2.05) is 0 Å². The molecule has 0 fully saturated rings. The van der Waals surface area contributed by atoms with Gasteiger partial charge in [-0.25, -0.2) is 0 Å². The van der Waals surface area contributed by atoms with Gasteiger partial charge in [0.05, 0.1) is 0 Å². The fourth-order valence-corrected chi connectivity index (χ4v) is 2.20. The summed E-state index contributed by atoms with van der Waals surface area (Å²) in [4.78, 5) is 0. The number of hydrogen-bond acceptors (Lipinski definition) is 0. The van der Waals surface area contributed by atoms with E-state index in [9.17, 15) is 0 Å².